The normalized spacial score (nSPS) is 17.5. The number of likely N-dealkylation sites (tertiary alicyclic amines) is 1. The Morgan fingerprint density at radius 3 is 2.68 bits per heavy atom. The number of alkyl halides is 3. The van der Waals surface area contributed by atoms with Gasteiger partial charge in [-0.15, -0.1) is 0 Å². The van der Waals surface area contributed by atoms with E-state index in [2.05, 4.69) is 5.16 Å². The molecule has 1 aliphatic rings. The van der Waals surface area contributed by atoms with Crippen LogP contribution >= 0.6 is 0 Å². The Balaban J connectivity index is 1.70. The van der Waals surface area contributed by atoms with Gasteiger partial charge in [0.15, 0.2) is 5.76 Å². The molecule has 1 aromatic carbocycles. The van der Waals surface area contributed by atoms with Crippen molar-refractivity contribution in [3.8, 4) is 11.3 Å². The van der Waals surface area contributed by atoms with E-state index in [1.165, 1.54) is 4.90 Å². The van der Waals surface area contributed by atoms with Crippen molar-refractivity contribution >= 4 is 5.91 Å². The Labute approximate surface area is 162 Å². The van der Waals surface area contributed by atoms with Crippen LogP contribution in [-0.4, -0.2) is 59.8 Å². The van der Waals surface area contributed by atoms with E-state index < -0.39 is 12.7 Å². The molecule has 8 heteroatoms. The van der Waals surface area contributed by atoms with Crippen LogP contribution in [0.5, 0.6) is 0 Å². The SMILES string of the molecule is CCN(CC1CCN(C(=O)c2c(C)noc2-c2ccccc2)C1)CC(F)(F)F. The van der Waals surface area contributed by atoms with Gasteiger partial charge in [-0.25, -0.2) is 0 Å². The van der Waals surface area contributed by atoms with E-state index in [9.17, 15) is 18.0 Å². The van der Waals surface area contributed by atoms with Crippen molar-refractivity contribution in [2.45, 2.75) is 26.4 Å². The van der Waals surface area contributed by atoms with Crippen LogP contribution in [0, 0.1) is 12.8 Å². The average Bonchev–Trinajstić information content (AvgIpc) is 3.27. The first-order valence-corrected chi connectivity index (χ1v) is 9.38. The lowest BCUT2D eigenvalue weighted by atomic mass is 10.1. The fraction of sp³-hybridized carbons (Fsp3) is 0.500. The quantitative estimate of drug-likeness (QED) is 0.742. The molecule has 1 saturated heterocycles. The Morgan fingerprint density at radius 1 is 1.32 bits per heavy atom. The molecule has 1 fully saturated rings. The van der Waals surface area contributed by atoms with E-state index in [4.69, 9.17) is 4.52 Å². The number of carbonyl (C=O) groups is 1. The van der Waals surface area contributed by atoms with Gasteiger partial charge in [-0.05, 0) is 25.8 Å². The fourth-order valence-corrected chi connectivity index (χ4v) is 3.66. The lowest BCUT2D eigenvalue weighted by Crippen LogP contribution is -2.38. The van der Waals surface area contributed by atoms with Crippen LogP contribution in [-0.2, 0) is 0 Å². The third kappa shape index (κ3) is 4.73. The monoisotopic (exact) mass is 395 g/mol. The fourth-order valence-electron chi connectivity index (χ4n) is 3.66. The molecular weight excluding hydrogens is 371 g/mol. The second-order valence-corrected chi connectivity index (χ2v) is 7.19. The summed E-state index contributed by atoms with van der Waals surface area (Å²) in [6.45, 7) is 4.13. The van der Waals surface area contributed by atoms with Crippen molar-refractivity contribution in [2.24, 2.45) is 5.92 Å². The molecule has 1 atom stereocenters. The third-order valence-corrected chi connectivity index (χ3v) is 5.05. The first kappa shape index (κ1) is 20.4. The zero-order valence-electron chi connectivity index (χ0n) is 16.0. The summed E-state index contributed by atoms with van der Waals surface area (Å²) < 4.78 is 43.4. The molecule has 0 aliphatic carbocycles. The molecule has 5 nitrogen and oxygen atoms in total. The Morgan fingerprint density at radius 2 is 2.04 bits per heavy atom. The van der Waals surface area contributed by atoms with Crippen LogP contribution < -0.4 is 0 Å². The summed E-state index contributed by atoms with van der Waals surface area (Å²) in [6, 6.07) is 9.28. The van der Waals surface area contributed by atoms with Gasteiger partial charge in [-0.2, -0.15) is 13.2 Å². The van der Waals surface area contributed by atoms with E-state index in [1.807, 2.05) is 30.3 Å². The Kier molecular flexibility index (Phi) is 6.07. The molecule has 152 valence electrons. The van der Waals surface area contributed by atoms with Crippen LogP contribution in [0.25, 0.3) is 11.3 Å². The molecule has 1 amide bonds. The van der Waals surface area contributed by atoms with Gasteiger partial charge in [0.2, 0.25) is 0 Å². The Bertz CT molecular complexity index is 805. The van der Waals surface area contributed by atoms with Crippen LogP contribution in [0.4, 0.5) is 13.2 Å². The zero-order valence-corrected chi connectivity index (χ0v) is 16.0. The minimum Gasteiger partial charge on any atom is -0.355 e. The summed E-state index contributed by atoms with van der Waals surface area (Å²) in [5, 5.41) is 3.95. The van der Waals surface area contributed by atoms with Crippen molar-refractivity contribution < 1.29 is 22.5 Å². The molecule has 1 unspecified atom stereocenters. The first-order chi connectivity index (χ1) is 13.3. The predicted octanol–water partition coefficient (Wildman–Crippen LogP) is 4.00. The average molecular weight is 395 g/mol. The van der Waals surface area contributed by atoms with Gasteiger partial charge in [0.05, 0.1) is 12.2 Å². The minimum atomic E-state index is -4.21. The molecule has 0 N–H and O–H groups in total. The smallest absolute Gasteiger partial charge is 0.355 e. The number of nitrogens with zero attached hydrogens (tertiary/aromatic N) is 3. The highest BCUT2D eigenvalue weighted by Crippen LogP contribution is 2.29. The molecule has 1 aromatic heterocycles. The molecule has 0 bridgehead atoms. The number of carbonyl (C=O) groups excluding carboxylic acids is 1. The van der Waals surface area contributed by atoms with Crippen molar-refractivity contribution in [3.63, 3.8) is 0 Å². The highest BCUT2D eigenvalue weighted by molar-refractivity contribution is 6.00. The molecule has 3 rings (SSSR count). The number of halogens is 3. The maximum atomic E-state index is 13.1. The van der Waals surface area contributed by atoms with Gasteiger partial charge < -0.3 is 9.42 Å². The second kappa shape index (κ2) is 8.34. The van der Waals surface area contributed by atoms with Crippen LogP contribution in [0.3, 0.4) is 0 Å². The summed E-state index contributed by atoms with van der Waals surface area (Å²) in [7, 11) is 0. The lowest BCUT2D eigenvalue weighted by Gasteiger charge is -2.25. The molecule has 2 aromatic rings. The van der Waals surface area contributed by atoms with E-state index in [0.717, 1.165) is 5.56 Å². The lowest BCUT2D eigenvalue weighted by molar-refractivity contribution is -0.146. The molecule has 28 heavy (non-hydrogen) atoms. The number of hydrogen-bond acceptors (Lipinski definition) is 4. The van der Waals surface area contributed by atoms with Gasteiger partial charge in [0, 0.05) is 25.2 Å². The Hall–Kier alpha value is -2.35. The summed E-state index contributed by atoms with van der Waals surface area (Å²) >= 11 is 0. The van der Waals surface area contributed by atoms with Crippen molar-refractivity contribution in [3.05, 3.63) is 41.6 Å². The van der Waals surface area contributed by atoms with Gasteiger partial charge in [0.25, 0.3) is 5.91 Å². The summed E-state index contributed by atoms with van der Waals surface area (Å²) in [6.07, 6.45) is -3.53. The van der Waals surface area contributed by atoms with E-state index in [-0.39, 0.29) is 11.8 Å². The summed E-state index contributed by atoms with van der Waals surface area (Å²) in [4.78, 5) is 16.2. The summed E-state index contributed by atoms with van der Waals surface area (Å²) in [5.74, 6) is 0.268. The highest BCUT2D eigenvalue weighted by atomic mass is 19.4. The zero-order chi connectivity index (χ0) is 20.3. The maximum absolute atomic E-state index is 13.1. The predicted molar refractivity (Wildman–Crippen MR) is 98.9 cm³/mol. The topological polar surface area (TPSA) is 49.6 Å². The van der Waals surface area contributed by atoms with Gasteiger partial charge in [-0.1, -0.05) is 42.4 Å². The maximum Gasteiger partial charge on any atom is 0.401 e. The molecule has 2 heterocycles. The van der Waals surface area contributed by atoms with Crippen LogP contribution in [0.15, 0.2) is 34.9 Å². The number of hydrogen-bond donors (Lipinski definition) is 0. The van der Waals surface area contributed by atoms with Crippen LogP contribution in [0.1, 0.15) is 29.4 Å². The molecule has 0 radical (unpaired) electrons. The number of benzene rings is 1. The minimum absolute atomic E-state index is 0.0200. The largest absolute Gasteiger partial charge is 0.401 e. The van der Waals surface area contributed by atoms with E-state index >= 15 is 0 Å². The second-order valence-electron chi connectivity index (χ2n) is 7.19. The number of aromatic nitrogens is 1. The molecule has 0 spiro atoms. The van der Waals surface area contributed by atoms with E-state index in [1.54, 1.807) is 18.7 Å². The van der Waals surface area contributed by atoms with Gasteiger partial charge in [-0.3, -0.25) is 9.69 Å². The van der Waals surface area contributed by atoms with E-state index in [0.29, 0.717) is 49.6 Å². The van der Waals surface area contributed by atoms with Crippen molar-refractivity contribution in [1.82, 2.24) is 15.0 Å². The third-order valence-electron chi connectivity index (χ3n) is 5.05. The van der Waals surface area contributed by atoms with Gasteiger partial charge in [0.1, 0.15) is 5.56 Å². The summed E-state index contributed by atoms with van der Waals surface area (Å²) in [5.41, 5.74) is 1.71. The number of amides is 1. The standard InChI is InChI=1S/C20H24F3N3O2/c1-3-25(13-20(21,22)23)11-15-9-10-26(12-15)19(27)17-14(2)24-28-18(17)16-7-5-4-6-8-16/h4-8,15H,3,9-13H2,1-2H3. The van der Waals surface area contributed by atoms with Crippen LogP contribution in [0.2, 0.25) is 0 Å². The first-order valence-electron chi connectivity index (χ1n) is 9.38. The van der Waals surface area contributed by atoms with Crippen molar-refractivity contribution in [2.75, 3.05) is 32.7 Å². The van der Waals surface area contributed by atoms with Crippen molar-refractivity contribution in [1.29, 1.82) is 0 Å². The van der Waals surface area contributed by atoms with Gasteiger partial charge >= 0.3 is 6.18 Å². The number of rotatable bonds is 6. The highest BCUT2D eigenvalue weighted by Gasteiger charge is 2.35. The number of aryl methyl sites for hydroxylation is 1. The molecular formula is C20H24F3N3O2. The molecule has 1 aliphatic heterocycles. The molecule has 0 saturated carbocycles.